The van der Waals surface area contributed by atoms with Crippen LogP contribution in [-0.2, 0) is 6.42 Å². The van der Waals surface area contributed by atoms with Crippen LogP contribution in [0.25, 0.3) is 16.7 Å². The summed E-state index contributed by atoms with van der Waals surface area (Å²) in [4.78, 5) is 0. The zero-order valence-corrected chi connectivity index (χ0v) is 15.4. The molecule has 1 aliphatic heterocycles. The maximum atomic E-state index is 9.81. The maximum absolute atomic E-state index is 9.81. The van der Waals surface area contributed by atoms with E-state index in [1.54, 1.807) is 23.9 Å². The van der Waals surface area contributed by atoms with E-state index in [0.717, 1.165) is 40.8 Å². The number of benzene rings is 2. The third-order valence-corrected chi connectivity index (χ3v) is 5.24. The van der Waals surface area contributed by atoms with Crippen LogP contribution in [-0.4, -0.2) is 10.9 Å². The lowest BCUT2D eigenvalue weighted by atomic mass is 9.86. The van der Waals surface area contributed by atoms with Crippen molar-refractivity contribution in [3.8, 4) is 22.9 Å². The molecule has 25 heavy (non-hydrogen) atoms. The molecule has 2 nitrogen and oxygen atoms in total. The number of nitrogens with zero attached hydrogens (tertiary/aromatic N) is 1. The van der Waals surface area contributed by atoms with Crippen molar-refractivity contribution in [3.05, 3.63) is 70.1 Å². The molecule has 0 unspecified atom stereocenters. The highest BCUT2D eigenvalue weighted by Crippen LogP contribution is 2.38. The predicted octanol–water partition coefficient (Wildman–Crippen LogP) is 5.92. The Hall–Kier alpha value is -2.44. The van der Waals surface area contributed by atoms with Gasteiger partial charge in [-0.05, 0) is 64.8 Å². The Labute approximate surface area is 153 Å². The lowest BCUT2D eigenvalue weighted by molar-refractivity contribution is 0.475. The summed E-state index contributed by atoms with van der Waals surface area (Å²) in [6.07, 6.45) is 4.11. The van der Waals surface area contributed by atoms with Gasteiger partial charge < -0.3 is 5.11 Å². The molecule has 0 bridgehead atoms. The van der Waals surface area contributed by atoms with Gasteiger partial charge in [0.15, 0.2) is 0 Å². The van der Waals surface area contributed by atoms with E-state index in [0.29, 0.717) is 0 Å². The smallest absolute Gasteiger partial charge is 0.115 e. The fourth-order valence-corrected chi connectivity index (χ4v) is 4.12. The number of rotatable bonds is 4. The second kappa shape index (κ2) is 7.63. The Morgan fingerprint density at radius 2 is 1.96 bits per heavy atom. The van der Waals surface area contributed by atoms with Gasteiger partial charge in [0.1, 0.15) is 5.75 Å². The molecule has 3 rings (SSSR count). The minimum absolute atomic E-state index is 0.252. The van der Waals surface area contributed by atoms with E-state index in [-0.39, 0.29) is 5.75 Å². The number of phenols is 1. The van der Waals surface area contributed by atoms with Crippen LogP contribution in [0.1, 0.15) is 37.0 Å². The van der Waals surface area contributed by atoms with Crippen LogP contribution in [0.3, 0.4) is 0 Å². The van der Waals surface area contributed by atoms with E-state index in [2.05, 4.69) is 37.5 Å². The van der Waals surface area contributed by atoms with Crippen LogP contribution >= 0.6 is 11.8 Å². The van der Waals surface area contributed by atoms with Crippen molar-refractivity contribution in [2.24, 2.45) is 0 Å². The Kier molecular flexibility index (Phi) is 5.31. The number of nitriles is 1. The molecule has 0 radical (unpaired) electrons. The molecule has 1 heterocycles. The summed E-state index contributed by atoms with van der Waals surface area (Å²) in [6.45, 7) is 4.25. The van der Waals surface area contributed by atoms with Crippen molar-refractivity contribution in [1.29, 1.82) is 5.26 Å². The van der Waals surface area contributed by atoms with Crippen molar-refractivity contribution in [2.75, 3.05) is 5.75 Å². The maximum Gasteiger partial charge on any atom is 0.115 e. The molecule has 2 aromatic rings. The van der Waals surface area contributed by atoms with Gasteiger partial charge in [0, 0.05) is 11.3 Å². The van der Waals surface area contributed by atoms with Gasteiger partial charge >= 0.3 is 0 Å². The molecule has 0 spiro atoms. The van der Waals surface area contributed by atoms with E-state index in [4.69, 9.17) is 0 Å². The van der Waals surface area contributed by atoms with Crippen LogP contribution in [0.15, 0.2) is 53.5 Å². The third-order valence-electron chi connectivity index (χ3n) is 4.46. The number of thioether (sulfide) groups is 1. The first kappa shape index (κ1) is 17.4. The van der Waals surface area contributed by atoms with Crippen LogP contribution in [0.2, 0.25) is 0 Å². The van der Waals surface area contributed by atoms with Crippen LogP contribution in [0, 0.1) is 11.3 Å². The summed E-state index contributed by atoms with van der Waals surface area (Å²) in [5.41, 5.74) is 7.48. The van der Waals surface area contributed by atoms with Crippen LogP contribution < -0.4 is 0 Å². The highest BCUT2D eigenvalue weighted by Gasteiger charge is 2.19. The molecule has 1 N–H and O–H groups in total. The van der Waals surface area contributed by atoms with E-state index in [1.165, 1.54) is 16.7 Å². The summed E-state index contributed by atoms with van der Waals surface area (Å²) in [5.74, 6) is 1.12. The molecule has 0 amide bonds. The van der Waals surface area contributed by atoms with E-state index >= 15 is 0 Å². The van der Waals surface area contributed by atoms with Gasteiger partial charge in [0.2, 0.25) is 0 Å². The topological polar surface area (TPSA) is 44.0 Å². The lowest BCUT2D eigenvalue weighted by Crippen LogP contribution is -2.02. The number of aromatic hydroxyl groups is 1. The van der Waals surface area contributed by atoms with Gasteiger partial charge in [-0.2, -0.15) is 5.26 Å². The number of allylic oxidation sites excluding steroid dienone is 2. The molecule has 1 aliphatic rings. The SMILES string of the molecule is CCCc1cc(C#N)c(C2=C(C)C=CSC2)c(-c2ccc(O)cc2)c1. The van der Waals surface area contributed by atoms with Gasteiger partial charge in [-0.3, -0.25) is 0 Å². The summed E-state index contributed by atoms with van der Waals surface area (Å²) in [5, 5.41) is 21.5. The standard InChI is InChI=1S/C22H21NOS/c1-3-4-16-11-18(13-23)22(21-14-25-10-9-15(21)2)20(12-16)17-5-7-19(24)8-6-17/h5-12,24H,3-4,14H2,1-2H3. The molecule has 3 heteroatoms. The van der Waals surface area contributed by atoms with Crippen molar-refractivity contribution in [2.45, 2.75) is 26.7 Å². The van der Waals surface area contributed by atoms with Gasteiger partial charge in [0.05, 0.1) is 11.6 Å². The van der Waals surface area contributed by atoms with E-state index in [1.807, 2.05) is 18.2 Å². The van der Waals surface area contributed by atoms with Gasteiger partial charge in [-0.25, -0.2) is 0 Å². The summed E-state index contributed by atoms with van der Waals surface area (Å²) >= 11 is 1.75. The molecule has 126 valence electrons. The monoisotopic (exact) mass is 347 g/mol. The summed E-state index contributed by atoms with van der Waals surface area (Å²) < 4.78 is 0. The van der Waals surface area contributed by atoms with Gasteiger partial charge in [-0.1, -0.05) is 37.6 Å². The Balaban J connectivity index is 2.29. The van der Waals surface area contributed by atoms with Crippen molar-refractivity contribution < 1.29 is 5.11 Å². The molecule has 0 saturated carbocycles. The van der Waals surface area contributed by atoms with Crippen molar-refractivity contribution >= 4 is 17.3 Å². The predicted molar refractivity (Wildman–Crippen MR) is 106 cm³/mol. The molecule has 0 aliphatic carbocycles. The van der Waals surface area contributed by atoms with Crippen molar-refractivity contribution in [3.63, 3.8) is 0 Å². The molecular weight excluding hydrogens is 326 g/mol. The Bertz CT molecular complexity index is 885. The highest BCUT2D eigenvalue weighted by molar-refractivity contribution is 8.02. The lowest BCUT2D eigenvalue weighted by Gasteiger charge is -2.20. The van der Waals surface area contributed by atoms with Crippen molar-refractivity contribution in [1.82, 2.24) is 0 Å². The Morgan fingerprint density at radius 3 is 2.60 bits per heavy atom. The quantitative estimate of drug-likeness (QED) is 0.747. The molecule has 0 saturated heterocycles. The molecular formula is C22H21NOS. The molecule has 0 atom stereocenters. The number of hydrogen-bond donors (Lipinski definition) is 1. The fraction of sp³-hybridized carbons (Fsp3) is 0.227. The fourth-order valence-electron chi connectivity index (χ4n) is 3.18. The Morgan fingerprint density at radius 1 is 1.20 bits per heavy atom. The highest BCUT2D eigenvalue weighted by atomic mass is 32.2. The summed E-state index contributed by atoms with van der Waals surface area (Å²) in [6, 6.07) is 13.9. The number of phenolic OH excluding ortho intramolecular Hbond substituents is 1. The normalized spacial score (nSPS) is 13.8. The largest absolute Gasteiger partial charge is 0.508 e. The second-order valence-corrected chi connectivity index (χ2v) is 7.14. The first-order valence-corrected chi connectivity index (χ1v) is 9.53. The first-order chi connectivity index (χ1) is 12.1. The first-order valence-electron chi connectivity index (χ1n) is 8.48. The number of hydrogen-bond acceptors (Lipinski definition) is 3. The second-order valence-electron chi connectivity index (χ2n) is 6.25. The zero-order chi connectivity index (χ0) is 17.8. The van der Waals surface area contributed by atoms with Gasteiger partial charge in [0.25, 0.3) is 0 Å². The van der Waals surface area contributed by atoms with E-state index in [9.17, 15) is 10.4 Å². The average Bonchev–Trinajstić information content (AvgIpc) is 2.63. The average molecular weight is 347 g/mol. The number of aryl methyl sites for hydroxylation is 1. The van der Waals surface area contributed by atoms with E-state index < -0.39 is 0 Å². The minimum Gasteiger partial charge on any atom is -0.508 e. The van der Waals surface area contributed by atoms with Crippen LogP contribution in [0.4, 0.5) is 0 Å². The summed E-state index contributed by atoms with van der Waals surface area (Å²) in [7, 11) is 0. The third kappa shape index (κ3) is 3.65. The minimum atomic E-state index is 0.252. The van der Waals surface area contributed by atoms with Crippen LogP contribution in [0.5, 0.6) is 5.75 Å². The van der Waals surface area contributed by atoms with Gasteiger partial charge in [-0.15, -0.1) is 11.8 Å². The molecule has 0 aromatic heterocycles. The zero-order valence-electron chi connectivity index (χ0n) is 14.5. The molecule has 0 fully saturated rings. The molecule has 2 aromatic carbocycles.